The predicted molar refractivity (Wildman–Crippen MR) is 79.0 cm³/mol. The van der Waals surface area contributed by atoms with Crippen molar-refractivity contribution in [2.75, 3.05) is 18.7 Å². The molecule has 0 unspecified atom stereocenters. The Kier molecular flexibility index (Phi) is 4.29. The van der Waals surface area contributed by atoms with Crippen LogP contribution in [0, 0.1) is 6.92 Å². The minimum Gasteiger partial charge on any atom is -0.490 e. The highest BCUT2D eigenvalue weighted by Gasteiger charge is 2.14. The molecule has 0 radical (unpaired) electrons. The van der Waals surface area contributed by atoms with E-state index in [1.165, 1.54) is 19.5 Å². The maximum Gasteiger partial charge on any atom is 0.199 e. The lowest BCUT2D eigenvalue weighted by Gasteiger charge is -2.12. The average molecular weight is 329 g/mol. The predicted octanol–water partition coefficient (Wildman–Crippen LogP) is 1.99. The summed E-state index contributed by atoms with van der Waals surface area (Å²) in [4.78, 5) is 11.9. The molecule has 0 fully saturated rings. The van der Waals surface area contributed by atoms with Crippen molar-refractivity contribution < 1.29 is 13.2 Å². The number of pyridine rings is 1. The third kappa shape index (κ3) is 3.40. The minimum absolute atomic E-state index is 0.0123. The summed E-state index contributed by atoms with van der Waals surface area (Å²) in [7, 11) is -1.89. The molecule has 2 heterocycles. The summed E-state index contributed by atoms with van der Waals surface area (Å²) in [5, 5.41) is 3.18. The van der Waals surface area contributed by atoms with Crippen molar-refractivity contribution in [1.82, 2.24) is 15.0 Å². The highest BCUT2D eigenvalue weighted by atomic mass is 35.5. The first-order valence-electron chi connectivity index (χ1n) is 5.82. The highest BCUT2D eigenvalue weighted by Crippen LogP contribution is 2.31. The summed E-state index contributed by atoms with van der Waals surface area (Å²) in [5.41, 5.74) is 1.10. The van der Waals surface area contributed by atoms with Crippen molar-refractivity contribution in [3.05, 3.63) is 29.3 Å². The van der Waals surface area contributed by atoms with E-state index in [1.807, 2.05) is 0 Å². The summed E-state index contributed by atoms with van der Waals surface area (Å²) in [6, 6.07) is 3.02. The second-order valence-electron chi connectivity index (χ2n) is 4.23. The third-order valence-electron chi connectivity index (χ3n) is 2.66. The van der Waals surface area contributed by atoms with Crippen LogP contribution in [0.2, 0.25) is 5.15 Å². The first-order valence-corrected chi connectivity index (χ1v) is 8.09. The van der Waals surface area contributed by atoms with Crippen molar-refractivity contribution in [3.63, 3.8) is 0 Å². The zero-order valence-corrected chi connectivity index (χ0v) is 13.2. The number of hydrogen-bond acceptors (Lipinski definition) is 7. The van der Waals surface area contributed by atoms with Gasteiger partial charge in [0.1, 0.15) is 6.33 Å². The van der Waals surface area contributed by atoms with Crippen LogP contribution < -0.4 is 10.1 Å². The van der Waals surface area contributed by atoms with Crippen molar-refractivity contribution >= 4 is 32.9 Å². The number of methoxy groups -OCH3 is 1. The van der Waals surface area contributed by atoms with E-state index in [0.717, 1.165) is 6.26 Å². The molecule has 1 N–H and O–H groups in total. The Bertz CT molecular complexity index is 780. The summed E-state index contributed by atoms with van der Waals surface area (Å²) in [6.45, 7) is 1.69. The topological polar surface area (TPSA) is 94.1 Å². The molecule has 0 bridgehead atoms. The van der Waals surface area contributed by atoms with E-state index in [4.69, 9.17) is 16.3 Å². The number of hydrogen-bond donors (Lipinski definition) is 1. The molecular weight excluding hydrogens is 316 g/mol. The van der Waals surface area contributed by atoms with Gasteiger partial charge in [-0.3, -0.25) is 0 Å². The van der Waals surface area contributed by atoms with E-state index >= 15 is 0 Å². The fraction of sp³-hybridized carbons (Fsp3) is 0.250. The molecule has 2 aromatic rings. The van der Waals surface area contributed by atoms with Crippen LogP contribution in [0.1, 0.15) is 5.69 Å². The number of nitrogens with zero attached hydrogens (tertiary/aromatic N) is 3. The first-order chi connectivity index (χ1) is 9.82. The Morgan fingerprint density at radius 1 is 1.29 bits per heavy atom. The highest BCUT2D eigenvalue weighted by molar-refractivity contribution is 7.90. The maximum atomic E-state index is 11.5. The molecule has 112 valence electrons. The number of aromatic nitrogens is 3. The third-order valence-corrected chi connectivity index (χ3v) is 3.91. The van der Waals surface area contributed by atoms with Gasteiger partial charge in [-0.25, -0.2) is 23.4 Å². The fourth-order valence-electron chi connectivity index (χ4n) is 1.63. The number of aryl methyl sites for hydroxylation is 1. The Morgan fingerprint density at radius 3 is 2.57 bits per heavy atom. The Hall–Kier alpha value is -1.93. The summed E-state index contributed by atoms with van der Waals surface area (Å²) in [6.07, 6.45) is 2.40. The molecule has 7 nitrogen and oxygen atoms in total. The van der Waals surface area contributed by atoms with Gasteiger partial charge in [0, 0.05) is 6.26 Å². The molecular formula is C12H13ClN4O3S. The summed E-state index contributed by atoms with van der Waals surface area (Å²) < 4.78 is 28.0. The van der Waals surface area contributed by atoms with Gasteiger partial charge >= 0.3 is 0 Å². The summed E-state index contributed by atoms with van der Waals surface area (Å²) in [5.74, 6) is 0.667. The van der Waals surface area contributed by atoms with Crippen molar-refractivity contribution in [1.29, 1.82) is 0 Å². The van der Waals surface area contributed by atoms with Gasteiger partial charge in [-0.1, -0.05) is 11.6 Å². The molecule has 0 aliphatic heterocycles. The maximum absolute atomic E-state index is 11.5. The SMILES string of the molecule is COc1c(Cl)ncnc1Nc1ccc(S(C)(=O)=O)nc1C. The second-order valence-corrected chi connectivity index (χ2v) is 6.55. The molecule has 2 aromatic heterocycles. The number of nitrogens with one attached hydrogen (secondary N) is 1. The average Bonchev–Trinajstić information content (AvgIpc) is 2.40. The second kappa shape index (κ2) is 5.82. The van der Waals surface area contributed by atoms with E-state index < -0.39 is 9.84 Å². The number of anilines is 2. The Balaban J connectivity index is 2.40. The van der Waals surface area contributed by atoms with Gasteiger partial charge < -0.3 is 10.1 Å². The summed E-state index contributed by atoms with van der Waals surface area (Å²) >= 11 is 5.91. The van der Waals surface area contributed by atoms with Crippen molar-refractivity contribution in [2.24, 2.45) is 0 Å². The minimum atomic E-state index is -3.34. The molecule has 21 heavy (non-hydrogen) atoms. The van der Waals surface area contributed by atoms with Gasteiger partial charge in [0.15, 0.2) is 31.6 Å². The van der Waals surface area contributed by atoms with Crippen LogP contribution in [0.15, 0.2) is 23.5 Å². The molecule has 0 aliphatic rings. The van der Waals surface area contributed by atoms with Gasteiger partial charge in [0.2, 0.25) is 0 Å². The number of halogens is 1. The van der Waals surface area contributed by atoms with Crippen LogP contribution in [-0.2, 0) is 9.84 Å². The Labute approximate surface area is 127 Å². The van der Waals surface area contributed by atoms with Crippen molar-refractivity contribution in [3.8, 4) is 5.75 Å². The molecule has 0 aliphatic carbocycles. The van der Waals surface area contributed by atoms with Crippen LogP contribution in [0.5, 0.6) is 5.75 Å². The molecule has 0 saturated carbocycles. The van der Waals surface area contributed by atoms with Gasteiger partial charge in [0.05, 0.1) is 18.5 Å². The monoisotopic (exact) mass is 328 g/mol. The van der Waals surface area contributed by atoms with Crippen LogP contribution in [0.3, 0.4) is 0 Å². The lowest BCUT2D eigenvalue weighted by atomic mass is 10.3. The lowest BCUT2D eigenvalue weighted by molar-refractivity contribution is 0.413. The van der Waals surface area contributed by atoms with E-state index in [9.17, 15) is 8.42 Å². The normalized spacial score (nSPS) is 11.2. The van der Waals surface area contributed by atoms with E-state index in [2.05, 4.69) is 20.3 Å². The van der Waals surface area contributed by atoms with Crippen LogP contribution in [0.4, 0.5) is 11.5 Å². The first kappa shape index (κ1) is 15.5. The largest absolute Gasteiger partial charge is 0.490 e. The van der Waals surface area contributed by atoms with Crippen molar-refractivity contribution in [2.45, 2.75) is 11.9 Å². The van der Waals surface area contributed by atoms with Gasteiger partial charge in [-0.05, 0) is 19.1 Å². The standard InChI is InChI=1S/C12H13ClN4O3S/c1-7-8(4-5-9(16-7)21(3,18)19)17-12-10(20-2)11(13)14-6-15-12/h4-6H,1-3H3,(H,14,15,17). The molecule has 0 saturated heterocycles. The fourth-order valence-corrected chi connectivity index (χ4v) is 2.45. The number of ether oxygens (including phenoxy) is 1. The van der Waals surface area contributed by atoms with Crippen LogP contribution in [0.25, 0.3) is 0 Å². The number of sulfone groups is 1. The molecule has 0 atom stereocenters. The van der Waals surface area contributed by atoms with Gasteiger partial charge in [-0.15, -0.1) is 0 Å². The van der Waals surface area contributed by atoms with E-state index in [1.54, 1.807) is 13.0 Å². The number of rotatable bonds is 4. The van der Waals surface area contributed by atoms with E-state index in [0.29, 0.717) is 22.9 Å². The van der Waals surface area contributed by atoms with E-state index in [-0.39, 0.29) is 10.2 Å². The quantitative estimate of drug-likeness (QED) is 0.857. The lowest BCUT2D eigenvalue weighted by Crippen LogP contribution is -2.05. The van der Waals surface area contributed by atoms with Gasteiger partial charge in [-0.2, -0.15) is 0 Å². The smallest absolute Gasteiger partial charge is 0.199 e. The molecule has 9 heteroatoms. The molecule has 0 amide bonds. The van der Waals surface area contributed by atoms with Crippen LogP contribution >= 0.6 is 11.6 Å². The molecule has 0 aromatic carbocycles. The molecule has 0 spiro atoms. The zero-order chi connectivity index (χ0) is 15.6. The van der Waals surface area contributed by atoms with Gasteiger partial charge in [0.25, 0.3) is 0 Å². The molecule has 2 rings (SSSR count). The zero-order valence-electron chi connectivity index (χ0n) is 11.6. The van der Waals surface area contributed by atoms with Crippen LogP contribution in [-0.4, -0.2) is 36.7 Å². The Morgan fingerprint density at radius 2 is 2.00 bits per heavy atom.